The second-order valence-electron chi connectivity index (χ2n) is 4.09. The summed E-state index contributed by atoms with van der Waals surface area (Å²) < 4.78 is 0. The van der Waals surface area contributed by atoms with Crippen molar-refractivity contribution in [2.24, 2.45) is 11.7 Å². The Morgan fingerprint density at radius 3 is 2.64 bits per heavy atom. The number of pyridine rings is 1. The fraction of sp³-hybridized carbons (Fsp3) is 0.545. The molecule has 3 N–H and O–H groups in total. The molecule has 1 heterocycles. The topological polar surface area (TPSA) is 58.9 Å². The predicted octanol–water partition coefficient (Wildman–Crippen LogP) is 1.34. The number of nitrogens with two attached hydrogens (primary N) is 1. The molecule has 0 aliphatic heterocycles. The average molecular weight is 194 g/mol. The molecule has 1 rings (SSSR count). The van der Waals surface area contributed by atoms with Gasteiger partial charge in [-0.05, 0) is 30.9 Å². The van der Waals surface area contributed by atoms with Gasteiger partial charge in [-0.3, -0.25) is 4.79 Å². The highest BCUT2D eigenvalue weighted by atomic mass is 16.1. The van der Waals surface area contributed by atoms with Crippen molar-refractivity contribution < 1.29 is 0 Å². The zero-order valence-corrected chi connectivity index (χ0v) is 9.05. The molecule has 3 heteroatoms. The minimum atomic E-state index is -0.0387. The van der Waals surface area contributed by atoms with Crippen LogP contribution >= 0.6 is 0 Å². The van der Waals surface area contributed by atoms with Gasteiger partial charge < -0.3 is 10.7 Å². The maximum Gasteiger partial charge on any atom is 0.252 e. The standard InChI is InChI=1S/C11H18N2O/c1-7(2)4-9-5-8(3)13-11(14)10(9)6-12/h5,7H,4,6,12H2,1-3H3,(H,13,14). The van der Waals surface area contributed by atoms with Gasteiger partial charge in [0.15, 0.2) is 0 Å². The van der Waals surface area contributed by atoms with Gasteiger partial charge in [0.05, 0.1) is 0 Å². The van der Waals surface area contributed by atoms with E-state index in [4.69, 9.17) is 5.73 Å². The molecule has 0 bridgehead atoms. The van der Waals surface area contributed by atoms with E-state index in [9.17, 15) is 4.79 Å². The Balaban J connectivity index is 3.18. The van der Waals surface area contributed by atoms with E-state index in [1.165, 1.54) is 0 Å². The summed E-state index contributed by atoms with van der Waals surface area (Å²) in [7, 11) is 0. The van der Waals surface area contributed by atoms with Crippen LogP contribution in [0.3, 0.4) is 0 Å². The smallest absolute Gasteiger partial charge is 0.252 e. The summed E-state index contributed by atoms with van der Waals surface area (Å²) in [6, 6.07) is 2.02. The molecule has 1 aromatic heterocycles. The monoisotopic (exact) mass is 194 g/mol. The Hall–Kier alpha value is -1.09. The van der Waals surface area contributed by atoms with Gasteiger partial charge >= 0.3 is 0 Å². The van der Waals surface area contributed by atoms with Crippen LogP contribution in [0.15, 0.2) is 10.9 Å². The minimum absolute atomic E-state index is 0.0387. The van der Waals surface area contributed by atoms with Crippen molar-refractivity contribution in [3.8, 4) is 0 Å². The van der Waals surface area contributed by atoms with Crippen molar-refractivity contribution in [2.75, 3.05) is 0 Å². The molecular formula is C11H18N2O. The van der Waals surface area contributed by atoms with Crippen LogP contribution < -0.4 is 11.3 Å². The van der Waals surface area contributed by atoms with Crippen LogP contribution in [0.4, 0.5) is 0 Å². The van der Waals surface area contributed by atoms with Crippen LogP contribution in [0.2, 0.25) is 0 Å². The van der Waals surface area contributed by atoms with Crippen LogP contribution in [-0.2, 0) is 13.0 Å². The number of rotatable bonds is 3. The molecule has 3 nitrogen and oxygen atoms in total. The first-order chi connectivity index (χ1) is 6.54. The summed E-state index contributed by atoms with van der Waals surface area (Å²) in [5, 5.41) is 0. The molecule has 0 atom stereocenters. The molecule has 0 unspecified atom stereocenters. The van der Waals surface area contributed by atoms with Crippen LogP contribution in [0, 0.1) is 12.8 Å². The maximum atomic E-state index is 11.5. The van der Waals surface area contributed by atoms with Crippen molar-refractivity contribution in [2.45, 2.75) is 33.7 Å². The first-order valence-corrected chi connectivity index (χ1v) is 4.96. The predicted molar refractivity (Wildman–Crippen MR) is 58.2 cm³/mol. The highest BCUT2D eigenvalue weighted by molar-refractivity contribution is 5.26. The normalized spacial score (nSPS) is 10.9. The fourth-order valence-corrected chi connectivity index (χ4v) is 1.63. The second-order valence-corrected chi connectivity index (χ2v) is 4.09. The molecule has 0 aliphatic carbocycles. The molecule has 0 radical (unpaired) electrons. The van der Waals surface area contributed by atoms with Gasteiger partial charge in [0.2, 0.25) is 0 Å². The Morgan fingerprint density at radius 1 is 1.50 bits per heavy atom. The lowest BCUT2D eigenvalue weighted by Gasteiger charge is -2.10. The lowest BCUT2D eigenvalue weighted by molar-refractivity contribution is 0.640. The van der Waals surface area contributed by atoms with Crippen molar-refractivity contribution in [1.29, 1.82) is 0 Å². The maximum absolute atomic E-state index is 11.5. The number of H-pyrrole nitrogens is 1. The highest BCUT2D eigenvalue weighted by Crippen LogP contribution is 2.11. The summed E-state index contributed by atoms with van der Waals surface area (Å²) in [4.78, 5) is 14.3. The molecule has 78 valence electrons. The Bertz CT molecular complexity index is 366. The highest BCUT2D eigenvalue weighted by Gasteiger charge is 2.08. The molecule has 0 saturated heterocycles. The Labute approximate surface area is 84.3 Å². The molecule has 0 aromatic carbocycles. The first kappa shape index (κ1) is 11.0. The van der Waals surface area contributed by atoms with Crippen molar-refractivity contribution in [3.05, 3.63) is 33.2 Å². The van der Waals surface area contributed by atoms with Gasteiger partial charge in [-0.25, -0.2) is 0 Å². The van der Waals surface area contributed by atoms with Gasteiger partial charge in [-0.1, -0.05) is 13.8 Å². The van der Waals surface area contributed by atoms with Gasteiger partial charge in [0, 0.05) is 17.8 Å². The van der Waals surface area contributed by atoms with E-state index >= 15 is 0 Å². The third-order valence-corrected chi connectivity index (χ3v) is 2.20. The molecule has 0 saturated carbocycles. The minimum Gasteiger partial charge on any atom is -0.326 e. The van der Waals surface area contributed by atoms with Crippen LogP contribution in [0.5, 0.6) is 0 Å². The van der Waals surface area contributed by atoms with Gasteiger partial charge in [0.25, 0.3) is 5.56 Å². The van der Waals surface area contributed by atoms with E-state index < -0.39 is 0 Å². The van der Waals surface area contributed by atoms with Crippen molar-refractivity contribution >= 4 is 0 Å². The van der Waals surface area contributed by atoms with E-state index in [-0.39, 0.29) is 5.56 Å². The van der Waals surface area contributed by atoms with Crippen LogP contribution in [-0.4, -0.2) is 4.98 Å². The molecule has 0 amide bonds. The summed E-state index contributed by atoms with van der Waals surface area (Å²) in [6.07, 6.45) is 0.914. The van der Waals surface area contributed by atoms with Crippen molar-refractivity contribution in [1.82, 2.24) is 4.98 Å². The van der Waals surface area contributed by atoms with E-state index in [1.807, 2.05) is 13.0 Å². The van der Waals surface area contributed by atoms with Gasteiger partial charge in [0.1, 0.15) is 0 Å². The molecule has 1 aromatic rings. The number of hydrogen-bond acceptors (Lipinski definition) is 2. The lowest BCUT2D eigenvalue weighted by Crippen LogP contribution is -2.20. The number of hydrogen-bond donors (Lipinski definition) is 2. The quantitative estimate of drug-likeness (QED) is 0.763. The SMILES string of the molecule is Cc1cc(CC(C)C)c(CN)c(=O)[nH]1. The number of aryl methyl sites for hydroxylation is 1. The Morgan fingerprint density at radius 2 is 2.14 bits per heavy atom. The zero-order valence-electron chi connectivity index (χ0n) is 9.05. The summed E-state index contributed by atoms with van der Waals surface area (Å²) in [5.74, 6) is 0.543. The number of aromatic nitrogens is 1. The Kier molecular flexibility index (Phi) is 3.47. The fourth-order valence-electron chi connectivity index (χ4n) is 1.63. The van der Waals surface area contributed by atoms with Gasteiger partial charge in [-0.15, -0.1) is 0 Å². The summed E-state index contributed by atoms with van der Waals surface area (Å²) in [5.41, 5.74) is 8.24. The first-order valence-electron chi connectivity index (χ1n) is 4.96. The average Bonchev–Trinajstić information content (AvgIpc) is 2.01. The second kappa shape index (κ2) is 4.42. The van der Waals surface area contributed by atoms with Crippen LogP contribution in [0.25, 0.3) is 0 Å². The third-order valence-electron chi connectivity index (χ3n) is 2.20. The lowest BCUT2D eigenvalue weighted by atomic mass is 9.99. The molecule has 14 heavy (non-hydrogen) atoms. The van der Waals surface area contributed by atoms with Crippen molar-refractivity contribution in [3.63, 3.8) is 0 Å². The zero-order chi connectivity index (χ0) is 10.7. The van der Waals surface area contributed by atoms with Crippen LogP contribution in [0.1, 0.15) is 30.7 Å². The molecule has 0 fully saturated rings. The van der Waals surface area contributed by atoms with E-state index in [0.29, 0.717) is 12.5 Å². The van der Waals surface area contributed by atoms with Gasteiger partial charge in [-0.2, -0.15) is 0 Å². The molecule has 0 spiro atoms. The largest absolute Gasteiger partial charge is 0.326 e. The van der Waals surface area contributed by atoms with E-state index in [1.54, 1.807) is 0 Å². The summed E-state index contributed by atoms with van der Waals surface area (Å²) >= 11 is 0. The van der Waals surface area contributed by atoms with E-state index in [0.717, 1.165) is 23.2 Å². The third kappa shape index (κ3) is 2.45. The van der Waals surface area contributed by atoms with E-state index in [2.05, 4.69) is 18.8 Å². The molecular weight excluding hydrogens is 176 g/mol. The molecule has 0 aliphatic rings. The number of aromatic amines is 1. The number of nitrogens with one attached hydrogen (secondary N) is 1. The summed E-state index contributed by atoms with van der Waals surface area (Å²) in [6.45, 7) is 6.48.